The van der Waals surface area contributed by atoms with Crippen LogP contribution in [0.4, 0.5) is 4.79 Å². The summed E-state index contributed by atoms with van der Waals surface area (Å²) in [6.07, 6.45) is 2.10. The minimum absolute atomic E-state index is 0.165. The Balaban J connectivity index is 1.64. The van der Waals surface area contributed by atoms with E-state index in [1.54, 1.807) is 12.1 Å². The fourth-order valence-electron chi connectivity index (χ4n) is 2.55. The Hall–Kier alpha value is -3.09. The highest BCUT2D eigenvalue weighted by molar-refractivity contribution is 6.07. The molecule has 2 aromatic rings. The van der Waals surface area contributed by atoms with E-state index in [2.05, 4.69) is 10.7 Å². The van der Waals surface area contributed by atoms with Crippen molar-refractivity contribution < 1.29 is 18.8 Å². The number of hydrogen-bond donors (Lipinski definition) is 2. The maximum atomic E-state index is 12.5. The lowest BCUT2D eigenvalue weighted by Gasteiger charge is -2.19. The van der Waals surface area contributed by atoms with Gasteiger partial charge in [0.25, 0.3) is 5.91 Å². The van der Waals surface area contributed by atoms with Gasteiger partial charge in [0.2, 0.25) is 5.91 Å². The molecule has 1 atom stereocenters. The van der Waals surface area contributed by atoms with Gasteiger partial charge in [-0.15, -0.1) is 0 Å². The van der Waals surface area contributed by atoms with E-state index in [1.807, 2.05) is 30.3 Å². The lowest BCUT2D eigenvalue weighted by atomic mass is 10.00. The highest BCUT2D eigenvalue weighted by Gasteiger charge is 2.51. The van der Waals surface area contributed by atoms with Gasteiger partial charge in [-0.05, 0) is 31.0 Å². The third-order valence-corrected chi connectivity index (χ3v) is 3.92. The number of hydrogen-bond acceptors (Lipinski definition) is 4. The Labute approximate surface area is 138 Å². The molecule has 24 heavy (non-hydrogen) atoms. The zero-order valence-corrected chi connectivity index (χ0v) is 13.1. The normalized spacial score (nSPS) is 20.1. The molecule has 1 fully saturated rings. The third kappa shape index (κ3) is 2.88. The fourth-order valence-corrected chi connectivity index (χ4v) is 2.55. The first kappa shape index (κ1) is 15.8. The number of hydrazine groups is 1. The number of nitrogens with zero attached hydrogens (tertiary/aromatic N) is 1. The molecule has 3 rings (SSSR count). The SMILES string of the molecule is CC1(c2ccco2)NC(=O)N(NC(=O)CCc2ccccc2)C1=O. The number of aryl methyl sites for hydroxylation is 1. The number of amides is 4. The number of carbonyl (C=O) groups excluding carboxylic acids is 3. The molecule has 1 aromatic heterocycles. The van der Waals surface area contributed by atoms with Gasteiger partial charge in [0.1, 0.15) is 5.76 Å². The van der Waals surface area contributed by atoms with Crippen LogP contribution in [0.2, 0.25) is 0 Å². The Morgan fingerprint density at radius 3 is 2.62 bits per heavy atom. The standard InChI is InChI=1S/C17H17N3O4/c1-17(13-8-5-11-24-13)15(22)20(16(23)18-17)19-14(21)10-9-12-6-3-2-4-7-12/h2-8,11H,9-10H2,1H3,(H,18,23)(H,19,21). The summed E-state index contributed by atoms with van der Waals surface area (Å²) in [4.78, 5) is 36.6. The van der Waals surface area contributed by atoms with Gasteiger partial charge < -0.3 is 9.73 Å². The lowest BCUT2D eigenvalue weighted by Crippen LogP contribution is -2.47. The predicted octanol–water partition coefficient (Wildman–Crippen LogP) is 1.71. The first-order valence-corrected chi connectivity index (χ1v) is 7.55. The van der Waals surface area contributed by atoms with E-state index in [0.717, 1.165) is 5.56 Å². The number of imide groups is 1. The van der Waals surface area contributed by atoms with Crippen LogP contribution in [0.15, 0.2) is 53.1 Å². The highest BCUT2D eigenvalue weighted by atomic mass is 16.3. The largest absolute Gasteiger partial charge is 0.466 e. The van der Waals surface area contributed by atoms with Crippen LogP contribution in [0.3, 0.4) is 0 Å². The van der Waals surface area contributed by atoms with Gasteiger partial charge in [-0.2, -0.15) is 5.01 Å². The summed E-state index contributed by atoms with van der Waals surface area (Å²) in [5.41, 5.74) is 2.04. The zero-order chi connectivity index (χ0) is 17.2. The van der Waals surface area contributed by atoms with E-state index < -0.39 is 23.4 Å². The summed E-state index contributed by atoms with van der Waals surface area (Å²) in [5, 5.41) is 3.24. The third-order valence-electron chi connectivity index (χ3n) is 3.92. The van der Waals surface area contributed by atoms with Crippen LogP contribution in [0, 0.1) is 0 Å². The van der Waals surface area contributed by atoms with Crippen LogP contribution in [0.25, 0.3) is 0 Å². The zero-order valence-electron chi connectivity index (χ0n) is 13.1. The molecular formula is C17H17N3O4. The molecule has 0 spiro atoms. The van der Waals surface area contributed by atoms with E-state index in [0.29, 0.717) is 17.2 Å². The molecule has 124 valence electrons. The highest BCUT2D eigenvalue weighted by Crippen LogP contribution is 2.28. The number of furan rings is 1. The Morgan fingerprint density at radius 1 is 1.21 bits per heavy atom. The first-order valence-electron chi connectivity index (χ1n) is 7.55. The average molecular weight is 327 g/mol. The van der Waals surface area contributed by atoms with Crippen molar-refractivity contribution in [3.8, 4) is 0 Å². The lowest BCUT2D eigenvalue weighted by molar-refractivity contribution is -0.139. The molecule has 0 saturated carbocycles. The molecule has 0 radical (unpaired) electrons. The van der Waals surface area contributed by atoms with Crippen LogP contribution < -0.4 is 10.7 Å². The molecule has 0 bridgehead atoms. The molecule has 0 aliphatic carbocycles. The van der Waals surface area contributed by atoms with Gasteiger partial charge in [0.05, 0.1) is 6.26 Å². The van der Waals surface area contributed by atoms with Crippen molar-refractivity contribution in [2.45, 2.75) is 25.3 Å². The second-order valence-corrected chi connectivity index (χ2v) is 5.69. The summed E-state index contributed by atoms with van der Waals surface area (Å²) >= 11 is 0. The smallest absolute Gasteiger partial charge is 0.344 e. The molecular weight excluding hydrogens is 310 g/mol. The minimum atomic E-state index is -1.33. The van der Waals surface area contributed by atoms with Crippen LogP contribution >= 0.6 is 0 Å². The van der Waals surface area contributed by atoms with Crippen molar-refractivity contribution in [1.29, 1.82) is 0 Å². The van der Waals surface area contributed by atoms with Gasteiger partial charge in [-0.1, -0.05) is 30.3 Å². The van der Waals surface area contributed by atoms with Crippen LogP contribution in [0.1, 0.15) is 24.7 Å². The van der Waals surface area contributed by atoms with E-state index in [-0.39, 0.29) is 6.42 Å². The molecule has 7 heteroatoms. The molecule has 2 heterocycles. The van der Waals surface area contributed by atoms with Crippen molar-refractivity contribution in [2.24, 2.45) is 0 Å². The van der Waals surface area contributed by atoms with E-state index in [9.17, 15) is 14.4 Å². The van der Waals surface area contributed by atoms with Gasteiger partial charge >= 0.3 is 6.03 Å². The summed E-state index contributed by atoms with van der Waals surface area (Å²) in [6, 6.07) is 12.0. The van der Waals surface area contributed by atoms with Crippen molar-refractivity contribution >= 4 is 17.8 Å². The number of benzene rings is 1. The second kappa shape index (κ2) is 6.19. The van der Waals surface area contributed by atoms with Gasteiger partial charge in [0.15, 0.2) is 5.54 Å². The minimum Gasteiger partial charge on any atom is -0.466 e. The summed E-state index contributed by atoms with van der Waals surface area (Å²) in [7, 11) is 0. The maximum Gasteiger partial charge on any atom is 0.344 e. The quantitative estimate of drug-likeness (QED) is 0.818. The molecule has 1 saturated heterocycles. The van der Waals surface area contributed by atoms with Crippen molar-refractivity contribution in [3.63, 3.8) is 0 Å². The van der Waals surface area contributed by atoms with Gasteiger partial charge in [0, 0.05) is 6.42 Å². The molecule has 4 amide bonds. The maximum absolute atomic E-state index is 12.5. The monoisotopic (exact) mass is 327 g/mol. The number of urea groups is 1. The van der Waals surface area contributed by atoms with Crippen molar-refractivity contribution in [1.82, 2.24) is 15.8 Å². The van der Waals surface area contributed by atoms with Crippen molar-refractivity contribution in [2.75, 3.05) is 0 Å². The van der Waals surface area contributed by atoms with Crippen molar-refractivity contribution in [3.05, 3.63) is 60.1 Å². The Kier molecular flexibility index (Phi) is 4.07. The van der Waals surface area contributed by atoms with Gasteiger partial charge in [-0.25, -0.2) is 4.79 Å². The first-order chi connectivity index (χ1) is 11.5. The molecule has 2 N–H and O–H groups in total. The van der Waals surface area contributed by atoms with Crippen LogP contribution in [0.5, 0.6) is 0 Å². The molecule has 1 aliphatic heterocycles. The van der Waals surface area contributed by atoms with E-state index >= 15 is 0 Å². The van der Waals surface area contributed by atoms with E-state index in [1.165, 1.54) is 13.2 Å². The van der Waals surface area contributed by atoms with Gasteiger partial charge in [-0.3, -0.25) is 15.0 Å². The number of rotatable bonds is 5. The fraction of sp³-hybridized carbons (Fsp3) is 0.235. The molecule has 1 aliphatic rings. The molecule has 7 nitrogen and oxygen atoms in total. The summed E-state index contributed by atoms with van der Waals surface area (Å²) < 4.78 is 5.22. The topological polar surface area (TPSA) is 91.7 Å². The predicted molar refractivity (Wildman–Crippen MR) is 84.3 cm³/mol. The number of nitrogens with one attached hydrogen (secondary N) is 2. The molecule has 1 aromatic carbocycles. The van der Waals surface area contributed by atoms with E-state index in [4.69, 9.17) is 4.42 Å². The van der Waals surface area contributed by atoms with Crippen LogP contribution in [-0.2, 0) is 21.5 Å². The molecule has 1 unspecified atom stereocenters. The average Bonchev–Trinajstić information content (AvgIpc) is 3.19. The number of carbonyl (C=O) groups is 3. The Morgan fingerprint density at radius 2 is 1.96 bits per heavy atom. The summed E-state index contributed by atoms with van der Waals surface area (Å²) in [6.45, 7) is 1.53. The van der Waals surface area contributed by atoms with Crippen LogP contribution in [-0.4, -0.2) is 22.9 Å². The summed E-state index contributed by atoms with van der Waals surface area (Å²) in [5.74, 6) is -0.691. The second-order valence-electron chi connectivity index (χ2n) is 5.69. The Bertz CT molecular complexity index is 757.